The number of rotatable bonds is 3. The number of nitrogens with zero attached hydrogens (tertiary/aromatic N) is 1. The summed E-state index contributed by atoms with van der Waals surface area (Å²) in [6.07, 6.45) is 6.22. The predicted molar refractivity (Wildman–Crippen MR) is 71.2 cm³/mol. The summed E-state index contributed by atoms with van der Waals surface area (Å²) in [6, 6.07) is 8.02. The standard InChI is InChI=1S/C14H15ClN2/c15-12-3-1-2-11-10(5-9-17-13(11)12)4-6-14(16)7-8-14/h1-3,5,9H,4,6-8,16H2. The third-order valence-electron chi connectivity index (χ3n) is 3.60. The van der Waals surface area contributed by atoms with E-state index in [2.05, 4.69) is 17.1 Å². The Kier molecular flexibility index (Phi) is 2.57. The molecule has 17 heavy (non-hydrogen) atoms. The third kappa shape index (κ3) is 2.15. The zero-order chi connectivity index (χ0) is 11.9. The van der Waals surface area contributed by atoms with Crippen molar-refractivity contribution in [2.75, 3.05) is 0 Å². The molecule has 0 atom stereocenters. The molecule has 1 aromatic heterocycles. The Bertz CT molecular complexity index is 561. The van der Waals surface area contributed by atoms with Gasteiger partial charge in [0.05, 0.1) is 10.5 Å². The van der Waals surface area contributed by atoms with Crippen LogP contribution in [0.5, 0.6) is 0 Å². The molecule has 1 aliphatic carbocycles. The SMILES string of the molecule is NC1(CCc2ccnc3c(Cl)cccc23)CC1. The lowest BCUT2D eigenvalue weighted by molar-refractivity contribution is 0.610. The van der Waals surface area contributed by atoms with E-state index in [4.69, 9.17) is 17.3 Å². The van der Waals surface area contributed by atoms with Crippen LogP contribution in [-0.4, -0.2) is 10.5 Å². The zero-order valence-electron chi connectivity index (χ0n) is 9.62. The lowest BCUT2D eigenvalue weighted by atomic mass is 10.0. The molecule has 1 fully saturated rings. The molecule has 0 saturated heterocycles. The molecule has 3 rings (SSSR count). The first-order valence-corrected chi connectivity index (χ1v) is 6.37. The van der Waals surface area contributed by atoms with Gasteiger partial charge in [-0.15, -0.1) is 0 Å². The molecule has 88 valence electrons. The summed E-state index contributed by atoms with van der Waals surface area (Å²) >= 11 is 6.14. The molecule has 2 aromatic rings. The third-order valence-corrected chi connectivity index (χ3v) is 3.90. The van der Waals surface area contributed by atoms with Gasteiger partial charge in [0.15, 0.2) is 0 Å². The van der Waals surface area contributed by atoms with Gasteiger partial charge in [0.25, 0.3) is 0 Å². The highest BCUT2D eigenvalue weighted by Crippen LogP contribution is 2.37. The van der Waals surface area contributed by atoms with E-state index in [1.165, 1.54) is 5.56 Å². The Morgan fingerprint density at radius 3 is 2.88 bits per heavy atom. The van der Waals surface area contributed by atoms with E-state index < -0.39 is 0 Å². The average Bonchev–Trinajstić information content (AvgIpc) is 3.06. The maximum atomic E-state index is 6.14. The van der Waals surface area contributed by atoms with Crippen molar-refractivity contribution < 1.29 is 0 Å². The Hall–Kier alpha value is -1.12. The molecule has 0 amide bonds. The highest BCUT2D eigenvalue weighted by Gasteiger charge is 2.37. The van der Waals surface area contributed by atoms with Crippen molar-refractivity contribution in [2.45, 2.75) is 31.2 Å². The molecule has 0 unspecified atom stereocenters. The summed E-state index contributed by atoms with van der Waals surface area (Å²) in [5, 5.41) is 1.88. The first kappa shape index (κ1) is 11.0. The molecule has 1 heterocycles. The van der Waals surface area contributed by atoms with Crippen molar-refractivity contribution in [2.24, 2.45) is 5.73 Å². The molecule has 1 aliphatic rings. The topological polar surface area (TPSA) is 38.9 Å². The van der Waals surface area contributed by atoms with E-state index in [-0.39, 0.29) is 5.54 Å². The number of halogens is 1. The van der Waals surface area contributed by atoms with Gasteiger partial charge >= 0.3 is 0 Å². The van der Waals surface area contributed by atoms with Crippen molar-refractivity contribution in [1.29, 1.82) is 0 Å². The van der Waals surface area contributed by atoms with Crippen molar-refractivity contribution >= 4 is 22.5 Å². The highest BCUT2D eigenvalue weighted by atomic mass is 35.5. The number of hydrogen-bond acceptors (Lipinski definition) is 2. The molecule has 1 saturated carbocycles. The molecule has 1 aromatic carbocycles. The summed E-state index contributed by atoms with van der Waals surface area (Å²) in [7, 11) is 0. The first-order valence-electron chi connectivity index (χ1n) is 5.99. The van der Waals surface area contributed by atoms with Crippen LogP contribution in [0, 0.1) is 0 Å². The molecule has 0 spiro atoms. The van der Waals surface area contributed by atoms with Crippen molar-refractivity contribution in [1.82, 2.24) is 4.98 Å². The summed E-state index contributed by atoms with van der Waals surface area (Å²) < 4.78 is 0. The highest BCUT2D eigenvalue weighted by molar-refractivity contribution is 6.35. The number of hydrogen-bond donors (Lipinski definition) is 1. The quantitative estimate of drug-likeness (QED) is 0.903. The number of aromatic nitrogens is 1. The lowest BCUT2D eigenvalue weighted by Crippen LogP contribution is -2.22. The molecule has 3 heteroatoms. The molecular formula is C14H15ClN2. The van der Waals surface area contributed by atoms with Crippen LogP contribution in [-0.2, 0) is 6.42 Å². The van der Waals surface area contributed by atoms with Gasteiger partial charge in [-0.3, -0.25) is 4.98 Å². The van der Waals surface area contributed by atoms with E-state index in [1.54, 1.807) is 0 Å². The second kappa shape index (κ2) is 3.97. The van der Waals surface area contributed by atoms with Gasteiger partial charge in [-0.1, -0.05) is 23.7 Å². The second-order valence-corrected chi connectivity index (χ2v) is 5.38. The van der Waals surface area contributed by atoms with Gasteiger partial charge in [0.2, 0.25) is 0 Å². The van der Waals surface area contributed by atoms with Crippen LogP contribution in [0.2, 0.25) is 5.02 Å². The van der Waals surface area contributed by atoms with E-state index in [1.807, 2.05) is 18.3 Å². The molecule has 0 radical (unpaired) electrons. The molecule has 2 N–H and O–H groups in total. The molecule has 2 nitrogen and oxygen atoms in total. The minimum atomic E-state index is 0.105. The van der Waals surface area contributed by atoms with Crippen LogP contribution in [0.4, 0.5) is 0 Å². The number of nitrogens with two attached hydrogens (primary N) is 1. The van der Waals surface area contributed by atoms with E-state index in [0.29, 0.717) is 0 Å². The zero-order valence-corrected chi connectivity index (χ0v) is 10.4. The summed E-state index contributed by atoms with van der Waals surface area (Å²) in [6.45, 7) is 0. The van der Waals surface area contributed by atoms with Gasteiger partial charge in [-0.2, -0.15) is 0 Å². The van der Waals surface area contributed by atoms with Crippen LogP contribution in [0.15, 0.2) is 30.5 Å². The number of fused-ring (bicyclic) bond motifs is 1. The van der Waals surface area contributed by atoms with Crippen LogP contribution >= 0.6 is 11.6 Å². The van der Waals surface area contributed by atoms with Gasteiger partial charge < -0.3 is 5.73 Å². The normalized spacial score (nSPS) is 17.3. The first-order chi connectivity index (χ1) is 8.18. The Morgan fingerprint density at radius 1 is 1.29 bits per heavy atom. The van der Waals surface area contributed by atoms with Gasteiger partial charge in [0, 0.05) is 17.1 Å². The van der Waals surface area contributed by atoms with E-state index >= 15 is 0 Å². The minimum absolute atomic E-state index is 0.105. The predicted octanol–water partition coefficient (Wildman–Crippen LogP) is 3.31. The maximum Gasteiger partial charge on any atom is 0.0890 e. The van der Waals surface area contributed by atoms with E-state index in [0.717, 1.165) is 41.6 Å². The largest absolute Gasteiger partial charge is 0.325 e. The number of benzene rings is 1. The summed E-state index contributed by atoms with van der Waals surface area (Å²) in [4.78, 5) is 4.34. The van der Waals surface area contributed by atoms with Gasteiger partial charge in [-0.05, 0) is 43.4 Å². The lowest BCUT2D eigenvalue weighted by Gasteiger charge is -2.10. The summed E-state index contributed by atoms with van der Waals surface area (Å²) in [5.74, 6) is 0. The fourth-order valence-corrected chi connectivity index (χ4v) is 2.43. The maximum absolute atomic E-state index is 6.14. The second-order valence-electron chi connectivity index (χ2n) is 4.97. The Balaban J connectivity index is 1.95. The Morgan fingerprint density at radius 2 is 2.12 bits per heavy atom. The number of para-hydroxylation sites is 1. The monoisotopic (exact) mass is 246 g/mol. The number of pyridine rings is 1. The fourth-order valence-electron chi connectivity index (χ4n) is 2.21. The average molecular weight is 247 g/mol. The summed E-state index contributed by atoms with van der Waals surface area (Å²) in [5.41, 5.74) is 8.43. The molecule has 0 bridgehead atoms. The van der Waals surface area contributed by atoms with Gasteiger partial charge in [-0.25, -0.2) is 0 Å². The smallest absolute Gasteiger partial charge is 0.0890 e. The minimum Gasteiger partial charge on any atom is -0.325 e. The van der Waals surface area contributed by atoms with Crippen molar-refractivity contribution in [3.05, 3.63) is 41.0 Å². The van der Waals surface area contributed by atoms with Crippen LogP contribution in [0.1, 0.15) is 24.8 Å². The van der Waals surface area contributed by atoms with E-state index in [9.17, 15) is 0 Å². The van der Waals surface area contributed by atoms with Crippen molar-refractivity contribution in [3.63, 3.8) is 0 Å². The molecular weight excluding hydrogens is 232 g/mol. The van der Waals surface area contributed by atoms with Gasteiger partial charge in [0.1, 0.15) is 0 Å². The van der Waals surface area contributed by atoms with Crippen molar-refractivity contribution in [3.8, 4) is 0 Å². The number of aryl methyl sites for hydroxylation is 1. The van der Waals surface area contributed by atoms with Crippen LogP contribution < -0.4 is 5.73 Å². The fraction of sp³-hybridized carbons (Fsp3) is 0.357. The van der Waals surface area contributed by atoms with Crippen LogP contribution in [0.3, 0.4) is 0 Å². The Labute approximate surface area is 106 Å². The molecule has 0 aliphatic heterocycles. The van der Waals surface area contributed by atoms with Crippen LogP contribution in [0.25, 0.3) is 10.9 Å².